The molecule has 0 saturated carbocycles. The molecule has 1 aromatic heterocycles. The number of rotatable bonds is 7. The Labute approximate surface area is 128 Å². The van der Waals surface area contributed by atoms with Crippen LogP contribution in [0.4, 0.5) is 4.39 Å². The van der Waals surface area contributed by atoms with Gasteiger partial charge >= 0.3 is 0 Å². The van der Waals surface area contributed by atoms with E-state index in [0.29, 0.717) is 6.42 Å². The van der Waals surface area contributed by atoms with E-state index in [0.717, 1.165) is 29.0 Å². The zero-order valence-electron chi connectivity index (χ0n) is 12.5. The lowest BCUT2D eigenvalue weighted by Gasteiger charge is -2.16. The molecule has 0 spiro atoms. The first-order valence-electron chi connectivity index (χ1n) is 7.00. The summed E-state index contributed by atoms with van der Waals surface area (Å²) in [5.41, 5.74) is 1.96. The smallest absolute Gasteiger partial charge is 0.165 e. The largest absolute Gasteiger partial charge is 0.494 e. The minimum absolute atomic E-state index is 0.0966. The number of aromatic nitrogens is 2. The lowest BCUT2D eigenvalue weighted by molar-refractivity contribution is 0.386. The standard InChI is InChI=1S/C15H20FN3OS/c1-4-5-12-15(21-19-18-12)13(17-2)9-10-6-7-14(20-3)11(16)8-10/h6-8,13,17H,4-5,9H2,1-3H3. The lowest BCUT2D eigenvalue weighted by atomic mass is 10.0. The second-order valence-corrected chi connectivity index (χ2v) is 5.63. The van der Waals surface area contributed by atoms with E-state index in [-0.39, 0.29) is 17.6 Å². The maximum absolute atomic E-state index is 13.8. The highest BCUT2D eigenvalue weighted by Crippen LogP contribution is 2.26. The van der Waals surface area contributed by atoms with Gasteiger partial charge in [-0.05, 0) is 49.1 Å². The average molecular weight is 309 g/mol. The van der Waals surface area contributed by atoms with Gasteiger partial charge in [0.25, 0.3) is 0 Å². The van der Waals surface area contributed by atoms with Crippen molar-refractivity contribution < 1.29 is 9.13 Å². The Hall–Kier alpha value is -1.53. The number of hydrogen-bond acceptors (Lipinski definition) is 5. The van der Waals surface area contributed by atoms with Gasteiger partial charge in [-0.1, -0.05) is 23.9 Å². The zero-order valence-corrected chi connectivity index (χ0v) is 13.3. The SMILES string of the molecule is CCCc1nnsc1C(Cc1ccc(OC)c(F)c1)NC. The van der Waals surface area contributed by atoms with Crippen molar-refractivity contribution in [3.63, 3.8) is 0 Å². The van der Waals surface area contributed by atoms with Gasteiger partial charge in [-0.3, -0.25) is 0 Å². The number of methoxy groups -OCH3 is 1. The van der Waals surface area contributed by atoms with Crippen LogP contribution in [-0.2, 0) is 12.8 Å². The molecule has 1 unspecified atom stereocenters. The fourth-order valence-electron chi connectivity index (χ4n) is 2.29. The molecule has 0 amide bonds. The Bertz CT molecular complexity index is 588. The first kappa shape index (κ1) is 15.9. The first-order valence-corrected chi connectivity index (χ1v) is 7.77. The highest BCUT2D eigenvalue weighted by Gasteiger charge is 2.18. The monoisotopic (exact) mass is 309 g/mol. The van der Waals surface area contributed by atoms with Gasteiger partial charge in [-0.25, -0.2) is 4.39 Å². The number of aryl methyl sites for hydroxylation is 1. The van der Waals surface area contributed by atoms with E-state index in [1.807, 2.05) is 13.1 Å². The van der Waals surface area contributed by atoms with Gasteiger partial charge in [0.2, 0.25) is 0 Å². The topological polar surface area (TPSA) is 47.0 Å². The van der Waals surface area contributed by atoms with Gasteiger partial charge in [0.15, 0.2) is 11.6 Å². The number of benzene rings is 1. The Balaban J connectivity index is 2.18. The molecule has 0 bridgehead atoms. The Kier molecular flexibility index (Phi) is 5.64. The highest BCUT2D eigenvalue weighted by molar-refractivity contribution is 7.05. The number of nitrogens with zero attached hydrogens (tertiary/aromatic N) is 2. The minimum atomic E-state index is -0.332. The van der Waals surface area contributed by atoms with Crippen molar-refractivity contribution >= 4 is 11.5 Å². The van der Waals surface area contributed by atoms with Crippen LogP contribution in [0.1, 0.15) is 35.5 Å². The second kappa shape index (κ2) is 7.47. The van der Waals surface area contributed by atoms with Crippen LogP contribution in [0.2, 0.25) is 0 Å². The number of likely N-dealkylation sites (N-methyl/N-ethyl adjacent to an activating group) is 1. The summed E-state index contributed by atoms with van der Waals surface area (Å²) in [6.45, 7) is 2.12. The molecular formula is C15H20FN3OS. The lowest BCUT2D eigenvalue weighted by Crippen LogP contribution is -2.19. The fraction of sp³-hybridized carbons (Fsp3) is 0.467. The Morgan fingerprint density at radius 3 is 2.86 bits per heavy atom. The van der Waals surface area contributed by atoms with Crippen molar-refractivity contribution in [1.82, 2.24) is 14.9 Å². The predicted octanol–water partition coefficient (Wildman–Crippen LogP) is 3.14. The number of nitrogens with one attached hydrogen (secondary N) is 1. The van der Waals surface area contributed by atoms with Crippen LogP contribution in [0.15, 0.2) is 18.2 Å². The molecule has 0 fully saturated rings. The maximum Gasteiger partial charge on any atom is 0.165 e. The molecule has 0 aliphatic heterocycles. The third-order valence-corrected chi connectivity index (χ3v) is 4.27. The third kappa shape index (κ3) is 3.77. The summed E-state index contributed by atoms with van der Waals surface area (Å²) in [4.78, 5) is 1.13. The van der Waals surface area contributed by atoms with Crippen molar-refractivity contribution in [2.45, 2.75) is 32.2 Å². The van der Waals surface area contributed by atoms with Crippen LogP contribution in [0, 0.1) is 5.82 Å². The van der Waals surface area contributed by atoms with Gasteiger partial charge in [0.1, 0.15) is 0 Å². The summed E-state index contributed by atoms with van der Waals surface area (Å²) in [7, 11) is 3.37. The normalized spacial score (nSPS) is 12.4. The summed E-state index contributed by atoms with van der Waals surface area (Å²) in [6.07, 6.45) is 2.64. The average Bonchev–Trinajstić information content (AvgIpc) is 2.93. The molecule has 0 radical (unpaired) electrons. The van der Waals surface area contributed by atoms with Crippen LogP contribution in [-0.4, -0.2) is 23.7 Å². The van der Waals surface area contributed by atoms with Gasteiger partial charge in [0.05, 0.1) is 17.7 Å². The van der Waals surface area contributed by atoms with Crippen LogP contribution >= 0.6 is 11.5 Å². The van der Waals surface area contributed by atoms with E-state index < -0.39 is 0 Å². The molecule has 0 aliphatic rings. The van der Waals surface area contributed by atoms with E-state index in [1.54, 1.807) is 6.07 Å². The highest BCUT2D eigenvalue weighted by atomic mass is 32.1. The van der Waals surface area contributed by atoms with Crippen molar-refractivity contribution in [1.29, 1.82) is 0 Å². The van der Waals surface area contributed by atoms with Crippen LogP contribution < -0.4 is 10.1 Å². The number of halogens is 1. The van der Waals surface area contributed by atoms with Crippen LogP contribution in [0.25, 0.3) is 0 Å². The summed E-state index contributed by atoms with van der Waals surface area (Å²) >= 11 is 1.41. The summed E-state index contributed by atoms with van der Waals surface area (Å²) in [5, 5.41) is 7.47. The molecule has 1 heterocycles. The minimum Gasteiger partial charge on any atom is -0.494 e. The van der Waals surface area contributed by atoms with E-state index in [9.17, 15) is 4.39 Å². The maximum atomic E-state index is 13.8. The molecule has 0 aliphatic carbocycles. The van der Waals surface area contributed by atoms with Crippen molar-refractivity contribution in [3.05, 3.63) is 40.2 Å². The second-order valence-electron chi connectivity index (χ2n) is 4.85. The molecule has 4 nitrogen and oxygen atoms in total. The molecule has 2 rings (SSSR count). The molecule has 1 atom stereocenters. The molecule has 1 N–H and O–H groups in total. The van der Waals surface area contributed by atoms with Crippen LogP contribution in [0.3, 0.4) is 0 Å². The molecule has 0 saturated heterocycles. The number of hydrogen-bond donors (Lipinski definition) is 1. The van der Waals surface area contributed by atoms with Gasteiger partial charge in [0, 0.05) is 6.04 Å². The predicted molar refractivity (Wildman–Crippen MR) is 82.4 cm³/mol. The van der Waals surface area contributed by atoms with E-state index in [1.165, 1.54) is 24.7 Å². The molecule has 114 valence electrons. The van der Waals surface area contributed by atoms with Gasteiger partial charge in [-0.15, -0.1) is 5.10 Å². The summed E-state index contributed by atoms with van der Waals surface area (Å²) < 4.78 is 22.8. The van der Waals surface area contributed by atoms with Crippen molar-refractivity contribution in [2.24, 2.45) is 0 Å². The first-order chi connectivity index (χ1) is 10.2. The van der Waals surface area contributed by atoms with Gasteiger partial charge in [-0.2, -0.15) is 0 Å². The zero-order chi connectivity index (χ0) is 15.2. The van der Waals surface area contributed by atoms with E-state index in [4.69, 9.17) is 4.74 Å². The van der Waals surface area contributed by atoms with Crippen LogP contribution in [0.5, 0.6) is 5.75 Å². The number of ether oxygens (including phenoxy) is 1. The van der Waals surface area contributed by atoms with Crippen molar-refractivity contribution in [3.8, 4) is 5.75 Å². The third-order valence-electron chi connectivity index (χ3n) is 3.39. The Morgan fingerprint density at radius 1 is 1.43 bits per heavy atom. The Morgan fingerprint density at radius 2 is 2.24 bits per heavy atom. The summed E-state index contributed by atoms with van der Waals surface area (Å²) in [6, 6.07) is 5.17. The summed E-state index contributed by atoms with van der Waals surface area (Å²) in [5.74, 6) is -0.0630. The molecule has 1 aromatic carbocycles. The molecule has 2 aromatic rings. The van der Waals surface area contributed by atoms with Crippen molar-refractivity contribution in [2.75, 3.05) is 14.2 Å². The van der Waals surface area contributed by atoms with Gasteiger partial charge < -0.3 is 10.1 Å². The quantitative estimate of drug-likeness (QED) is 0.853. The fourth-order valence-corrected chi connectivity index (χ4v) is 3.09. The van der Waals surface area contributed by atoms with E-state index in [2.05, 4.69) is 21.8 Å². The molecular weight excluding hydrogens is 289 g/mol. The molecule has 6 heteroatoms. The molecule has 21 heavy (non-hydrogen) atoms. The van der Waals surface area contributed by atoms with E-state index >= 15 is 0 Å².